The predicted molar refractivity (Wildman–Crippen MR) is 85.9 cm³/mol. The van der Waals surface area contributed by atoms with Crippen LogP contribution in [0.25, 0.3) is 0 Å². The molecule has 106 valence electrons. The summed E-state index contributed by atoms with van der Waals surface area (Å²) < 4.78 is 26.6. The highest BCUT2D eigenvalue weighted by Crippen LogP contribution is 2.09. The van der Waals surface area contributed by atoms with Crippen molar-refractivity contribution in [2.75, 3.05) is 12.0 Å². The van der Waals surface area contributed by atoms with Crippen LogP contribution in [0.3, 0.4) is 0 Å². The van der Waals surface area contributed by atoms with Gasteiger partial charge >= 0.3 is 0 Å². The van der Waals surface area contributed by atoms with Gasteiger partial charge in [-0.3, -0.25) is 0 Å². The van der Waals surface area contributed by atoms with Crippen molar-refractivity contribution in [3.63, 3.8) is 0 Å². The average molecular weight is 318 g/mol. The number of benzene rings is 1. The number of hydrogen-bond donors (Lipinski definition) is 2. The highest BCUT2D eigenvalue weighted by atomic mass is 32.2. The van der Waals surface area contributed by atoms with Crippen LogP contribution in [0.15, 0.2) is 24.3 Å². The lowest BCUT2D eigenvalue weighted by Gasteiger charge is -2.13. The topological polar surface area (TPSA) is 72.2 Å². The summed E-state index contributed by atoms with van der Waals surface area (Å²) in [7, 11) is -3.35. The quantitative estimate of drug-likeness (QED) is 0.745. The average Bonchev–Trinajstić information content (AvgIpc) is 2.27. The van der Waals surface area contributed by atoms with E-state index < -0.39 is 10.0 Å². The number of sulfonamides is 1. The van der Waals surface area contributed by atoms with E-state index >= 15 is 0 Å². The number of hydrogen-bond acceptors (Lipinski definition) is 4. The van der Waals surface area contributed by atoms with Crippen LogP contribution < -0.4 is 10.5 Å². The molecule has 0 aliphatic rings. The molecule has 1 unspecified atom stereocenters. The fourth-order valence-electron chi connectivity index (χ4n) is 1.67. The van der Waals surface area contributed by atoms with Crippen LogP contribution in [0.5, 0.6) is 0 Å². The molecule has 0 bridgehead atoms. The normalized spacial score (nSPS) is 13.2. The summed E-state index contributed by atoms with van der Waals surface area (Å²) in [6, 6.07) is 6.90. The van der Waals surface area contributed by atoms with Gasteiger partial charge in [0.05, 0.1) is 5.75 Å². The molecule has 19 heavy (non-hydrogen) atoms. The lowest BCUT2D eigenvalue weighted by molar-refractivity contribution is 0.570. The Morgan fingerprint density at radius 2 is 2.21 bits per heavy atom. The molecule has 0 spiro atoms. The number of nitrogens with two attached hydrogens (primary N) is 1. The van der Waals surface area contributed by atoms with Gasteiger partial charge in [0, 0.05) is 17.4 Å². The molecular weight excluding hydrogens is 300 g/mol. The van der Waals surface area contributed by atoms with E-state index in [2.05, 4.69) is 4.72 Å². The van der Waals surface area contributed by atoms with Crippen molar-refractivity contribution in [3.8, 4) is 0 Å². The lowest BCUT2D eigenvalue weighted by atomic mass is 10.1. The van der Waals surface area contributed by atoms with Crippen molar-refractivity contribution >= 4 is 39.0 Å². The van der Waals surface area contributed by atoms with Crippen molar-refractivity contribution in [2.45, 2.75) is 18.7 Å². The van der Waals surface area contributed by atoms with Gasteiger partial charge in [-0.1, -0.05) is 30.4 Å². The number of nitrogens with one attached hydrogen (secondary N) is 1. The molecule has 0 amide bonds. The highest BCUT2D eigenvalue weighted by Gasteiger charge is 2.15. The van der Waals surface area contributed by atoms with E-state index in [1.807, 2.05) is 13.2 Å². The molecule has 0 aromatic heterocycles. The largest absolute Gasteiger partial charge is 0.389 e. The van der Waals surface area contributed by atoms with Crippen molar-refractivity contribution in [1.82, 2.24) is 4.72 Å². The molecule has 0 radical (unpaired) electrons. The summed E-state index contributed by atoms with van der Waals surface area (Å²) in [5.74, 6) is 0.675. The van der Waals surface area contributed by atoms with Crippen molar-refractivity contribution in [3.05, 3.63) is 35.4 Å². The first-order chi connectivity index (χ1) is 8.84. The summed E-state index contributed by atoms with van der Waals surface area (Å²) in [5, 5.41) is 0. The van der Waals surface area contributed by atoms with Gasteiger partial charge in [-0.15, -0.1) is 0 Å². The first-order valence-corrected chi connectivity index (χ1v) is 9.17. The van der Waals surface area contributed by atoms with Gasteiger partial charge in [-0.25, -0.2) is 13.1 Å². The zero-order valence-corrected chi connectivity index (χ0v) is 13.4. The standard InChI is InChI=1S/C12H18N2O2S3/c1-9(7-18-2)14-19(15,16)8-10-4-3-5-11(6-10)12(13)17/h3-6,9,14H,7-8H2,1-2H3,(H2,13,17). The molecule has 0 saturated heterocycles. The third-order valence-electron chi connectivity index (χ3n) is 2.37. The van der Waals surface area contributed by atoms with E-state index in [0.717, 1.165) is 5.75 Å². The second kappa shape index (κ2) is 7.23. The van der Waals surface area contributed by atoms with Gasteiger partial charge in [-0.2, -0.15) is 11.8 Å². The van der Waals surface area contributed by atoms with Crippen LogP contribution in [-0.4, -0.2) is 31.5 Å². The summed E-state index contributed by atoms with van der Waals surface area (Å²) in [5.41, 5.74) is 6.89. The molecule has 0 fully saturated rings. The maximum Gasteiger partial charge on any atom is 0.216 e. The van der Waals surface area contributed by atoms with E-state index in [0.29, 0.717) is 11.1 Å². The molecule has 1 aromatic rings. The van der Waals surface area contributed by atoms with Crippen molar-refractivity contribution in [2.24, 2.45) is 5.73 Å². The van der Waals surface area contributed by atoms with E-state index in [4.69, 9.17) is 18.0 Å². The minimum atomic E-state index is -3.35. The fraction of sp³-hybridized carbons (Fsp3) is 0.417. The first-order valence-electron chi connectivity index (χ1n) is 5.72. The maximum atomic E-state index is 12.0. The fourth-order valence-corrected chi connectivity index (χ4v) is 3.88. The van der Waals surface area contributed by atoms with Crippen LogP contribution in [0.1, 0.15) is 18.1 Å². The second-order valence-corrected chi connectivity index (χ2v) is 7.40. The Morgan fingerprint density at radius 1 is 1.53 bits per heavy atom. The third kappa shape index (κ3) is 5.90. The zero-order chi connectivity index (χ0) is 14.5. The molecule has 0 aliphatic heterocycles. The Balaban J connectivity index is 2.78. The molecule has 1 aromatic carbocycles. The Morgan fingerprint density at radius 3 is 2.79 bits per heavy atom. The van der Waals surface area contributed by atoms with Gasteiger partial charge < -0.3 is 5.73 Å². The van der Waals surface area contributed by atoms with E-state index in [9.17, 15) is 8.42 Å². The number of rotatable bonds is 7. The van der Waals surface area contributed by atoms with Gasteiger partial charge in [0.15, 0.2) is 0 Å². The van der Waals surface area contributed by atoms with Crippen LogP contribution in [0.4, 0.5) is 0 Å². The number of thiocarbonyl (C=S) groups is 1. The van der Waals surface area contributed by atoms with Crippen molar-refractivity contribution < 1.29 is 8.42 Å². The Hall–Kier alpha value is -0.630. The van der Waals surface area contributed by atoms with Crippen LogP contribution in [0, 0.1) is 0 Å². The Bertz CT molecular complexity index is 544. The molecule has 0 saturated carbocycles. The first kappa shape index (κ1) is 16.4. The maximum absolute atomic E-state index is 12.0. The van der Waals surface area contributed by atoms with E-state index in [1.165, 1.54) is 0 Å². The van der Waals surface area contributed by atoms with Crippen LogP contribution >= 0.6 is 24.0 Å². The number of thioether (sulfide) groups is 1. The SMILES string of the molecule is CSCC(C)NS(=O)(=O)Cc1cccc(C(N)=S)c1. The third-order valence-corrected chi connectivity index (χ3v) is 4.91. The monoisotopic (exact) mass is 318 g/mol. The molecule has 7 heteroatoms. The Labute approximate surface area is 124 Å². The predicted octanol–water partition coefficient (Wildman–Crippen LogP) is 1.49. The lowest BCUT2D eigenvalue weighted by Crippen LogP contribution is -2.35. The summed E-state index contributed by atoms with van der Waals surface area (Å²) in [4.78, 5) is 0.267. The smallest absolute Gasteiger partial charge is 0.216 e. The molecule has 0 aliphatic carbocycles. The Kier molecular flexibility index (Phi) is 6.25. The summed E-state index contributed by atoms with van der Waals surface area (Å²) in [6.45, 7) is 1.85. The van der Waals surface area contributed by atoms with Crippen molar-refractivity contribution in [1.29, 1.82) is 0 Å². The molecule has 0 heterocycles. The van der Waals surface area contributed by atoms with Gasteiger partial charge in [-0.05, 0) is 24.8 Å². The van der Waals surface area contributed by atoms with Gasteiger partial charge in [0.25, 0.3) is 0 Å². The highest BCUT2D eigenvalue weighted by molar-refractivity contribution is 7.98. The molecule has 1 rings (SSSR count). The molecule has 4 nitrogen and oxygen atoms in total. The van der Waals surface area contributed by atoms with Crippen LogP contribution in [-0.2, 0) is 15.8 Å². The summed E-state index contributed by atoms with van der Waals surface area (Å²) >= 11 is 6.48. The van der Waals surface area contributed by atoms with E-state index in [-0.39, 0.29) is 16.8 Å². The van der Waals surface area contributed by atoms with Gasteiger partial charge in [0.1, 0.15) is 4.99 Å². The molecular formula is C12H18N2O2S3. The molecule has 3 N–H and O–H groups in total. The minimum absolute atomic E-state index is 0.0673. The summed E-state index contributed by atoms with van der Waals surface area (Å²) in [6.07, 6.45) is 1.94. The van der Waals surface area contributed by atoms with E-state index in [1.54, 1.807) is 36.0 Å². The van der Waals surface area contributed by atoms with Gasteiger partial charge in [0.2, 0.25) is 10.0 Å². The second-order valence-electron chi connectivity index (χ2n) is 4.30. The minimum Gasteiger partial charge on any atom is -0.389 e. The van der Waals surface area contributed by atoms with Crippen LogP contribution in [0.2, 0.25) is 0 Å². The zero-order valence-electron chi connectivity index (χ0n) is 10.9. The molecule has 1 atom stereocenters.